The molecule has 6 heterocycles. The van der Waals surface area contributed by atoms with Gasteiger partial charge in [0.1, 0.15) is 29.4 Å². The highest BCUT2D eigenvalue weighted by Crippen LogP contribution is 2.34. The third-order valence-corrected chi connectivity index (χ3v) is 14.2. The number of aliphatic hydroxyl groups excluding tert-OH is 1. The SMILES string of the molecule is Cc1cc(C(C(=O)N2C[C@H](O)C[C@H]2C(=O)N[C@@H](C)c2ccc(-c3scnc3CN3CCN(c4ccc(Nc5cc(-c6ccc(NC(=O)[C@H](N)CC(C)(C)C)cc6C)ccn5)cn4)CC3)cc2)C(C)C)on1. The summed E-state index contributed by atoms with van der Waals surface area (Å²) in [5.41, 5.74) is 16.3. The number of pyridine rings is 2. The molecule has 16 nitrogen and oxygen atoms in total. The first-order chi connectivity index (χ1) is 33.9. The standard InChI is InChI=1S/C54H67N11O5S/c1-32(2)49(46-24-34(4)62-70-46)53(69)65-29-41(66)26-45(65)52(68)59-35(5)36-9-11-37(12-10-36)50-44(58-31-71-50)30-63-19-21-64(22-20-63)48-16-14-40(28-57-48)60-47-25-38(17-18-56-47)42-15-13-39(23-33(42)3)61-51(67)43(55)27-54(6,7)8/h9-18,23-25,28,31-32,35,41,43,45,49,66H,19-22,26-27,29-30,55H2,1-8H3,(H,56,60)(H,59,68)(H,61,67)/t35-,41+,43+,45-,49?/m0/s1. The van der Waals surface area contributed by atoms with Gasteiger partial charge in [-0.2, -0.15) is 0 Å². The van der Waals surface area contributed by atoms with Crippen LogP contribution in [0, 0.1) is 25.2 Å². The van der Waals surface area contributed by atoms with Crippen molar-refractivity contribution in [3.8, 4) is 21.6 Å². The van der Waals surface area contributed by atoms with E-state index in [2.05, 4.69) is 68.8 Å². The Morgan fingerprint density at radius 1 is 0.901 bits per heavy atom. The maximum atomic E-state index is 13.9. The first kappa shape index (κ1) is 50.8. The Bertz CT molecular complexity index is 2800. The molecule has 2 aliphatic heterocycles. The first-order valence-corrected chi connectivity index (χ1v) is 25.4. The molecule has 1 unspecified atom stereocenters. The minimum absolute atomic E-state index is 0.0431. The van der Waals surface area contributed by atoms with E-state index in [1.165, 1.54) is 4.90 Å². The van der Waals surface area contributed by atoms with Gasteiger partial charge >= 0.3 is 0 Å². The predicted molar refractivity (Wildman–Crippen MR) is 279 cm³/mol. The van der Waals surface area contributed by atoms with Gasteiger partial charge in [-0.3, -0.25) is 19.3 Å². The molecule has 0 aliphatic carbocycles. The van der Waals surface area contributed by atoms with Gasteiger partial charge in [-0.1, -0.05) is 70.1 Å². The Kier molecular flexibility index (Phi) is 15.6. The van der Waals surface area contributed by atoms with Gasteiger partial charge in [-0.15, -0.1) is 11.3 Å². The summed E-state index contributed by atoms with van der Waals surface area (Å²) in [6.07, 6.45) is 3.59. The number of nitrogens with two attached hydrogens (primary N) is 1. The molecule has 17 heteroatoms. The number of hydrogen-bond acceptors (Lipinski definition) is 14. The van der Waals surface area contributed by atoms with E-state index in [1.54, 1.807) is 30.5 Å². The third kappa shape index (κ3) is 12.5. The summed E-state index contributed by atoms with van der Waals surface area (Å²) in [6.45, 7) is 20.0. The molecule has 5 atom stereocenters. The van der Waals surface area contributed by atoms with Gasteiger partial charge in [-0.25, -0.2) is 15.0 Å². The predicted octanol–water partition coefficient (Wildman–Crippen LogP) is 8.22. The number of aryl methyl sites for hydroxylation is 2. The van der Waals surface area contributed by atoms with E-state index in [-0.39, 0.29) is 48.1 Å². The number of carbonyl (C=O) groups is 3. The molecule has 2 saturated heterocycles. The van der Waals surface area contributed by atoms with Crippen LogP contribution in [-0.4, -0.2) is 104 Å². The quantitative estimate of drug-likeness (QED) is 0.0620. The molecular formula is C54H67N11O5S. The van der Waals surface area contributed by atoms with Crippen LogP contribution in [0.5, 0.6) is 0 Å². The smallest absolute Gasteiger partial charge is 0.243 e. The molecule has 2 aliphatic rings. The van der Waals surface area contributed by atoms with E-state index in [0.717, 1.165) is 82.6 Å². The fraction of sp³-hybridized carbons (Fsp3) is 0.426. The van der Waals surface area contributed by atoms with E-state index in [4.69, 9.17) is 20.2 Å². The molecule has 4 aromatic heterocycles. The monoisotopic (exact) mass is 982 g/mol. The number of aliphatic hydroxyl groups is 1. The third-order valence-electron chi connectivity index (χ3n) is 13.2. The molecule has 0 bridgehead atoms. The number of carbonyl (C=O) groups excluding carboxylic acids is 3. The maximum absolute atomic E-state index is 13.9. The Hall–Kier alpha value is -6.53. The van der Waals surface area contributed by atoms with E-state index in [0.29, 0.717) is 29.4 Å². The second kappa shape index (κ2) is 21.9. The van der Waals surface area contributed by atoms with Crippen LogP contribution in [0.1, 0.15) is 94.6 Å². The molecule has 0 radical (unpaired) electrons. The Labute approximate surface area is 420 Å². The summed E-state index contributed by atoms with van der Waals surface area (Å²) in [7, 11) is 0. The molecule has 2 aromatic carbocycles. The number of anilines is 4. The minimum Gasteiger partial charge on any atom is -0.391 e. The zero-order valence-electron chi connectivity index (χ0n) is 42.0. The van der Waals surface area contributed by atoms with E-state index in [1.807, 2.05) is 94.0 Å². The van der Waals surface area contributed by atoms with Gasteiger partial charge in [0.05, 0.1) is 51.8 Å². The maximum Gasteiger partial charge on any atom is 0.243 e. The number of aromatic nitrogens is 4. The summed E-state index contributed by atoms with van der Waals surface area (Å²) in [5, 5.41) is 24.1. The summed E-state index contributed by atoms with van der Waals surface area (Å²) < 4.78 is 5.48. The highest BCUT2D eigenvalue weighted by molar-refractivity contribution is 7.13. The Balaban J connectivity index is 0.814. The number of thiazole rings is 1. The van der Waals surface area contributed by atoms with Crippen LogP contribution in [0.15, 0.2) is 95.2 Å². The van der Waals surface area contributed by atoms with Crippen molar-refractivity contribution in [3.63, 3.8) is 0 Å². The number of β-amino-alcohol motifs (C(OH)–C–C–N with tert-alkyl or cyclic N) is 1. The fourth-order valence-corrected chi connectivity index (χ4v) is 10.4. The van der Waals surface area contributed by atoms with Crippen molar-refractivity contribution in [3.05, 3.63) is 119 Å². The largest absolute Gasteiger partial charge is 0.391 e. The summed E-state index contributed by atoms with van der Waals surface area (Å²) in [6, 6.07) is 22.2. The van der Waals surface area contributed by atoms with Crippen LogP contribution >= 0.6 is 11.3 Å². The fourth-order valence-electron chi connectivity index (χ4n) is 9.54. The highest BCUT2D eigenvalue weighted by atomic mass is 32.1. The number of rotatable bonds is 16. The number of likely N-dealkylation sites (tertiary alicyclic amines) is 1. The molecule has 8 rings (SSSR count). The van der Waals surface area contributed by atoms with E-state index >= 15 is 0 Å². The van der Waals surface area contributed by atoms with Crippen molar-refractivity contribution in [2.45, 2.75) is 105 Å². The number of amides is 3. The van der Waals surface area contributed by atoms with Crippen molar-refractivity contribution < 1.29 is 24.0 Å². The Morgan fingerprint density at radius 2 is 1.65 bits per heavy atom. The van der Waals surface area contributed by atoms with Gasteiger partial charge < -0.3 is 41.1 Å². The number of nitrogens with one attached hydrogen (secondary N) is 3. The van der Waals surface area contributed by atoms with Gasteiger partial charge in [-0.05, 0) is 103 Å². The number of benzene rings is 2. The van der Waals surface area contributed by atoms with Gasteiger partial charge in [0.25, 0.3) is 0 Å². The Morgan fingerprint density at radius 3 is 2.31 bits per heavy atom. The first-order valence-electron chi connectivity index (χ1n) is 24.5. The van der Waals surface area contributed by atoms with Crippen LogP contribution in [0.25, 0.3) is 21.6 Å². The minimum atomic E-state index is -0.798. The van der Waals surface area contributed by atoms with Gasteiger partial charge in [0.15, 0.2) is 0 Å². The van der Waals surface area contributed by atoms with Crippen LogP contribution in [-0.2, 0) is 20.9 Å². The second-order valence-electron chi connectivity index (χ2n) is 20.6. The summed E-state index contributed by atoms with van der Waals surface area (Å²) in [5.74, 6) is 0.637. The molecule has 3 amide bonds. The highest BCUT2D eigenvalue weighted by Gasteiger charge is 2.43. The normalized spacial score (nSPS) is 17.8. The molecule has 6 N–H and O–H groups in total. The van der Waals surface area contributed by atoms with Crippen LogP contribution < -0.4 is 26.6 Å². The number of piperazine rings is 1. The van der Waals surface area contributed by atoms with Crippen LogP contribution in [0.3, 0.4) is 0 Å². The lowest BCUT2D eigenvalue weighted by Crippen LogP contribution is -2.48. The average Bonchev–Trinajstić information content (AvgIpc) is 4.09. The molecular weight excluding hydrogens is 915 g/mol. The molecule has 0 spiro atoms. The molecule has 0 saturated carbocycles. The zero-order valence-corrected chi connectivity index (χ0v) is 42.8. The van der Waals surface area contributed by atoms with Crippen molar-refractivity contribution in [1.29, 1.82) is 0 Å². The summed E-state index contributed by atoms with van der Waals surface area (Å²) >= 11 is 1.62. The molecule has 71 heavy (non-hydrogen) atoms. The lowest BCUT2D eigenvalue weighted by Gasteiger charge is -2.35. The number of nitrogens with zero attached hydrogens (tertiary/aromatic N) is 7. The average molecular weight is 982 g/mol. The lowest BCUT2D eigenvalue weighted by atomic mass is 9.88. The zero-order chi connectivity index (χ0) is 50.6. The second-order valence-corrected chi connectivity index (χ2v) is 21.4. The van der Waals surface area contributed by atoms with Crippen molar-refractivity contribution in [1.82, 2.24) is 35.2 Å². The van der Waals surface area contributed by atoms with Gasteiger partial charge in [0.2, 0.25) is 17.7 Å². The van der Waals surface area contributed by atoms with E-state index in [9.17, 15) is 19.5 Å². The van der Waals surface area contributed by atoms with E-state index < -0.39 is 24.1 Å². The number of hydrogen-bond donors (Lipinski definition) is 5. The van der Waals surface area contributed by atoms with Gasteiger partial charge in [0, 0.05) is 63.6 Å². The topological polar surface area (TPSA) is 208 Å². The molecule has 6 aromatic rings. The van der Waals surface area contributed by atoms with Crippen molar-refractivity contribution in [2.75, 3.05) is 48.3 Å². The van der Waals surface area contributed by atoms with Crippen LogP contribution in [0.4, 0.5) is 23.0 Å². The molecule has 374 valence electrons. The van der Waals surface area contributed by atoms with Crippen molar-refractivity contribution >= 4 is 52.1 Å². The van der Waals surface area contributed by atoms with Crippen molar-refractivity contribution in [2.24, 2.45) is 17.1 Å². The molecule has 2 fully saturated rings. The lowest BCUT2D eigenvalue weighted by molar-refractivity contribution is -0.141. The van der Waals surface area contributed by atoms with Crippen LogP contribution in [0.2, 0.25) is 0 Å². The summed E-state index contributed by atoms with van der Waals surface area (Å²) in [4.78, 5) is 61.8.